The van der Waals surface area contributed by atoms with Gasteiger partial charge in [-0.15, -0.1) is 0 Å². The van der Waals surface area contributed by atoms with E-state index < -0.39 is 40.1 Å². The Morgan fingerprint density at radius 1 is 1.28 bits per heavy atom. The molecule has 0 aliphatic heterocycles. The number of rotatable bonds is 5. The maximum absolute atomic E-state index is 12.1. The van der Waals surface area contributed by atoms with E-state index >= 15 is 0 Å². The number of carbonyl (C=O) groups is 2. The van der Waals surface area contributed by atoms with Gasteiger partial charge in [-0.2, -0.15) is 0 Å². The summed E-state index contributed by atoms with van der Waals surface area (Å²) in [6, 6.07) is 4.34. The summed E-state index contributed by atoms with van der Waals surface area (Å²) in [6.45, 7) is 4.71. The zero-order valence-electron chi connectivity index (χ0n) is 14.2. The van der Waals surface area contributed by atoms with Gasteiger partial charge in [0.15, 0.2) is 0 Å². The molecule has 0 radical (unpaired) electrons. The Morgan fingerprint density at radius 3 is 2.36 bits per heavy atom. The number of amides is 1. The largest absolute Gasteiger partial charge is 0.748 e. The summed E-state index contributed by atoms with van der Waals surface area (Å²) in [5, 5.41) is 0. The normalized spacial score (nSPS) is 11.8. The Balaban J connectivity index is 2.82. The van der Waals surface area contributed by atoms with E-state index in [1.54, 1.807) is 20.8 Å². The molecule has 25 heavy (non-hydrogen) atoms. The highest BCUT2D eigenvalue weighted by molar-refractivity contribution is 9.10. The van der Waals surface area contributed by atoms with Crippen molar-refractivity contribution in [2.75, 3.05) is 24.3 Å². The van der Waals surface area contributed by atoms with Crippen molar-refractivity contribution in [1.82, 2.24) is 0 Å². The molecule has 0 saturated carbocycles. The van der Waals surface area contributed by atoms with E-state index in [0.717, 1.165) is 0 Å². The minimum Gasteiger partial charge on any atom is -0.748 e. The third kappa shape index (κ3) is 7.41. The van der Waals surface area contributed by atoms with Gasteiger partial charge in [0.2, 0.25) is 0 Å². The zero-order chi connectivity index (χ0) is 19.4. The molecule has 10 heteroatoms. The number of hydrogen-bond acceptors (Lipinski definition) is 7. The van der Waals surface area contributed by atoms with Crippen molar-refractivity contribution in [3.05, 3.63) is 28.2 Å². The number of anilines is 1. The molecule has 0 aliphatic rings. The highest BCUT2D eigenvalue weighted by Gasteiger charge is 2.22. The number of esters is 1. The van der Waals surface area contributed by atoms with Crippen LogP contribution in [0.5, 0.6) is 0 Å². The van der Waals surface area contributed by atoms with Gasteiger partial charge in [0.05, 0.1) is 27.1 Å². The van der Waals surface area contributed by atoms with E-state index in [-0.39, 0.29) is 5.56 Å². The number of hydrogen-bond donors (Lipinski definition) is 0. The quantitative estimate of drug-likeness (QED) is 0.514. The average molecular weight is 437 g/mol. The second-order valence-corrected chi connectivity index (χ2v) is 8.48. The van der Waals surface area contributed by atoms with Gasteiger partial charge in [-0.3, -0.25) is 4.90 Å². The summed E-state index contributed by atoms with van der Waals surface area (Å²) in [7, 11) is -2.93. The minimum absolute atomic E-state index is 0.136. The van der Waals surface area contributed by atoms with Gasteiger partial charge >= 0.3 is 12.1 Å². The Hall–Kier alpha value is -1.65. The van der Waals surface area contributed by atoms with Crippen LogP contribution in [0.4, 0.5) is 10.5 Å². The van der Waals surface area contributed by atoms with Crippen molar-refractivity contribution in [2.45, 2.75) is 26.4 Å². The van der Waals surface area contributed by atoms with Crippen LogP contribution in [0.25, 0.3) is 0 Å². The van der Waals surface area contributed by atoms with Gasteiger partial charge in [-0.25, -0.2) is 18.0 Å². The third-order valence-electron chi connectivity index (χ3n) is 2.78. The topological polar surface area (TPSA) is 113 Å². The minimum atomic E-state index is -4.45. The van der Waals surface area contributed by atoms with E-state index in [9.17, 15) is 22.6 Å². The number of benzene rings is 1. The molecule has 1 aromatic rings. The van der Waals surface area contributed by atoms with Crippen molar-refractivity contribution in [1.29, 1.82) is 0 Å². The first-order chi connectivity index (χ1) is 11.3. The lowest BCUT2D eigenvalue weighted by atomic mass is 10.2. The molecule has 0 spiro atoms. The van der Waals surface area contributed by atoms with E-state index in [2.05, 4.69) is 15.9 Å². The molecule has 0 heterocycles. The first-order valence-corrected chi connectivity index (χ1v) is 9.54. The Morgan fingerprint density at radius 2 is 1.88 bits per heavy atom. The number of nitrogens with zero attached hydrogens (tertiary/aromatic N) is 1. The Labute approximate surface area is 155 Å². The smallest absolute Gasteiger partial charge is 0.414 e. The summed E-state index contributed by atoms with van der Waals surface area (Å²) in [4.78, 5) is 25.2. The number of carbonyl (C=O) groups excluding carboxylic acids is 2. The Bertz CT molecular complexity index is 756. The molecule has 0 atom stereocenters. The van der Waals surface area contributed by atoms with Crippen LogP contribution in [0.1, 0.15) is 31.1 Å². The third-order valence-corrected chi connectivity index (χ3v) is 4.08. The number of ether oxygens (including phenoxy) is 2. The summed E-state index contributed by atoms with van der Waals surface area (Å²) in [6.07, 6.45) is -0.566. The molecule has 1 rings (SSSR count). The molecule has 8 nitrogen and oxygen atoms in total. The first-order valence-electron chi connectivity index (χ1n) is 7.17. The van der Waals surface area contributed by atoms with Crippen molar-refractivity contribution in [2.24, 2.45) is 0 Å². The predicted molar refractivity (Wildman–Crippen MR) is 93.6 cm³/mol. The SMILES string of the molecule is CN(C(=O)OC(C)(C)C)c1ccc(C(=O)OCCS(=O)(=O)[O-])cc1Br. The highest BCUT2D eigenvalue weighted by Crippen LogP contribution is 2.28. The van der Waals surface area contributed by atoms with Gasteiger partial charge in [0, 0.05) is 11.5 Å². The predicted octanol–water partition coefficient (Wildman–Crippen LogP) is 2.52. The lowest BCUT2D eigenvalue weighted by molar-refractivity contribution is 0.0527. The van der Waals surface area contributed by atoms with Crippen molar-refractivity contribution in [3.63, 3.8) is 0 Å². The molecule has 0 saturated heterocycles. The monoisotopic (exact) mass is 436 g/mol. The van der Waals surface area contributed by atoms with E-state index in [1.807, 2.05) is 0 Å². The fourth-order valence-electron chi connectivity index (χ4n) is 1.65. The lowest BCUT2D eigenvalue weighted by Crippen LogP contribution is -2.34. The first kappa shape index (κ1) is 21.4. The average Bonchev–Trinajstić information content (AvgIpc) is 2.43. The van der Waals surface area contributed by atoms with Crippen LogP contribution in [-0.2, 0) is 19.6 Å². The van der Waals surface area contributed by atoms with Crippen LogP contribution in [0.2, 0.25) is 0 Å². The van der Waals surface area contributed by atoms with Crippen LogP contribution < -0.4 is 4.90 Å². The molecular formula is C15H19BrNO7S-. The van der Waals surface area contributed by atoms with Crippen LogP contribution in [0.15, 0.2) is 22.7 Å². The molecule has 0 aromatic heterocycles. The van der Waals surface area contributed by atoms with Crippen molar-refractivity contribution >= 4 is 43.8 Å². The van der Waals surface area contributed by atoms with Crippen LogP contribution in [0.3, 0.4) is 0 Å². The maximum Gasteiger partial charge on any atom is 0.414 e. The molecule has 0 bridgehead atoms. The molecule has 1 amide bonds. The summed E-state index contributed by atoms with van der Waals surface area (Å²) in [5.74, 6) is -1.57. The molecule has 140 valence electrons. The molecule has 0 N–H and O–H groups in total. The van der Waals surface area contributed by atoms with Gasteiger partial charge < -0.3 is 14.0 Å². The molecular weight excluding hydrogens is 418 g/mol. The second kappa shape index (κ2) is 8.15. The molecule has 1 aromatic carbocycles. The zero-order valence-corrected chi connectivity index (χ0v) is 16.6. The lowest BCUT2D eigenvalue weighted by Gasteiger charge is -2.25. The van der Waals surface area contributed by atoms with Gasteiger partial charge in [0.25, 0.3) is 0 Å². The maximum atomic E-state index is 12.1. The highest BCUT2D eigenvalue weighted by atomic mass is 79.9. The van der Waals surface area contributed by atoms with Gasteiger partial charge in [0.1, 0.15) is 12.2 Å². The van der Waals surface area contributed by atoms with Crippen molar-refractivity contribution < 1.29 is 32.0 Å². The van der Waals surface area contributed by atoms with Crippen LogP contribution >= 0.6 is 15.9 Å². The second-order valence-electron chi connectivity index (χ2n) is 6.10. The fourth-order valence-corrected chi connectivity index (χ4v) is 2.59. The van der Waals surface area contributed by atoms with Gasteiger partial charge in [-0.1, -0.05) is 0 Å². The van der Waals surface area contributed by atoms with E-state index in [4.69, 9.17) is 9.47 Å². The summed E-state index contributed by atoms with van der Waals surface area (Å²) >= 11 is 3.26. The van der Waals surface area contributed by atoms with Crippen LogP contribution in [-0.4, -0.2) is 50.0 Å². The number of halogens is 1. The summed E-state index contributed by atoms with van der Waals surface area (Å²) in [5.41, 5.74) is -0.0480. The molecule has 0 aliphatic carbocycles. The fraction of sp³-hybridized carbons (Fsp3) is 0.467. The Kier molecular flexibility index (Phi) is 6.98. The summed E-state index contributed by atoms with van der Waals surface area (Å²) < 4.78 is 41.9. The van der Waals surface area contributed by atoms with E-state index in [1.165, 1.54) is 30.1 Å². The standard InChI is InChI=1S/C15H20BrNO7S/c1-15(2,3)24-14(19)17(4)12-6-5-10(9-11(12)16)13(18)23-7-8-25(20,21)22/h5-6,9H,7-8H2,1-4H3,(H,20,21,22)/p-1. The molecule has 0 unspecified atom stereocenters. The van der Waals surface area contributed by atoms with E-state index in [0.29, 0.717) is 10.2 Å². The van der Waals surface area contributed by atoms with Crippen molar-refractivity contribution in [3.8, 4) is 0 Å². The van der Waals surface area contributed by atoms with Gasteiger partial charge in [-0.05, 0) is 54.9 Å². The van der Waals surface area contributed by atoms with Crippen LogP contribution in [0, 0.1) is 0 Å². The molecule has 0 fully saturated rings.